The molecule has 4 rings (SSSR count). The average Bonchev–Trinajstić information content (AvgIpc) is 3.07. The number of aromatic nitrogens is 4. The van der Waals surface area contributed by atoms with Gasteiger partial charge in [-0.05, 0) is 61.6 Å². The number of aryl methyl sites for hydroxylation is 2. The molecule has 0 unspecified atom stereocenters. The van der Waals surface area contributed by atoms with E-state index in [4.69, 9.17) is 15.6 Å². The lowest BCUT2D eigenvalue weighted by Crippen LogP contribution is -2.17. The van der Waals surface area contributed by atoms with Crippen molar-refractivity contribution in [2.24, 2.45) is 0 Å². The van der Waals surface area contributed by atoms with Crippen LogP contribution < -0.4 is 16.2 Å². The van der Waals surface area contributed by atoms with Crippen LogP contribution in [0.3, 0.4) is 0 Å². The maximum absolute atomic E-state index is 12.4. The van der Waals surface area contributed by atoms with Gasteiger partial charge in [-0.3, -0.25) is 4.57 Å². The second kappa shape index (κ2) is 9.01. The molecule has 0 radical (unpaired) electrons. The third kappa shape index (κ3) is 4.75. The van der Waals surface area contributed by atoms with Gasteiger partial charge in [0.2, 0.25) is 0 Å². The zero-order chi connectivity index (χ0) is 21.8. The summed E-state index contributed by atoms with van der Waals surface area (Å²) in [6.07, 6.45) is 2.73. The van der Waals surface area contributed by atoms with Crippen LogP contribution in [-0.4, -0.2) is 31.2 Å². The van der Waals surface area contributed by atoms with Gasteiger partial charge in [0.05, 0.1) is 6.54 Å². The molecule has 8 nitrogen and oxygen atoms in total. The van der Waals surface area contributed by atoms with Crippen molar-refractivity contribution < 1.29 is 9.84 Å². The maximum atomic E-state index is 12.4. The van der Waals surface area contributed by atoms with Crippen LogP contribution in [0.5, 0.6) is 11.5 Å². The molecule has 0 bridgehead atoms. The highest BCUT2D eigenvalue weighted by molar-refractivity contribution is 5.81. The summed E-state index contributed by atoms with van der Waals surface area (Å²) in [6, 6.07) is 15.6. The van der Waals surface area contributed by atoms with Crippen LogP contribution in [0.25, 0.3) is 11.2 Å². The second-order valence-corrected chi connectivity index (χ2v) is 7.44. The summed E-state index contributed by atoms with van der Waals surface area (Å²) >= 11 is 0. The molecule has 8 heteroatoms. The Morgan fingerprint density at radius 3 is 2.29 bits per heavy atom. The average molecular weight is 419 g/mol. The van der Waals surface area contributed by atoms with Crippen LogP contribution in [0.2, 0.25) is 0 Å². The second-order valence-electron chi connectivity index (χ2n) is 7.44. The molecule has 160 valence electrons. The Labute approximate surface area is 179 Å². The van der Waals surface area contributed by atoms with Crippen molar-refractivity contribution in [3.63, 3.8) is 0 Å². The Morgan fingerprint density at radius 2 is 1.65 bits per heavy atom. The number of rotatable bonds is 8. The lowest BCUT2D eigenvalue weighted by atomic mass is 10.1. The van der Waals surface area contributed by atoms with Crippen LogP contribution in [0.15, 0.2) is 53.3 Å². The third-order valence-corrected chi connectivity index (χ3v) is 5.06. The molecule has 0 saturated heterocycles. The summed E-state index contributed by atoms with van der Waals surface area (Å²) in [5, 5.41) is 8.88. The highest BCUT2D eigenvalue weighted by Gasteiger charge is 2.13. The predicted molar refractivity (Wildman–Crippen MR) is 119 cm³/mol. The molecule has 31 heavy (non-hydrogen) atoms. The molecule has 4 aromatic rings. The van der Waals surface area contributed by atoms with E-state index in [0.29, 0.717) is 29.3 Å². The van der Waals surface area contributed by atoms with Crippen LogP contribution >= 0.6 is 0 Å². The molecule has 0 spiro atoms. The number of anilines is 1. The topological polar surface area (TPSA) is 119 Å². The van der Waals surface area contributed by atoms with E-state index in [0.717, 1.165) is 30.6 Å². The number of aromatic amines is 1. The molecule has 0 amide bonds. The minimum atomic E-state index is -0.277. The Kier molecular flexibility index (Phi) is 5.99. The Bertz CT molecular complexity index is 1230. The quantitative estimate of drug-likeness (QED) is 0.378. The number of nitrogens with one attached hydrogen (secondary N) is 1. The summed E-state index contributed by atoms with van der Waals surface area (Å²) in [5.41, 5.74) is 8.73. The van der Waals surface area contributed by atoms with Crippen LogP contribution in [0.4, 0.5) is 5.82 Å². The number of ether oxygens (including phenoxy) is 1. The number of H-pyrrole nitrogens is 1. The van der Waals surface area contributed by atoms with E-state index in [1.165, 1.54) is 5.56 Å². The van der Waals surface area contributed by atoms with Gasteiger partial charge in [0.15, 0.2) is 11.5 Å². The van der Waals surface area contributed by atoms with Crippen LogP contribution in [-0.2, 0) is 13.0 Å². The number of fused-ring (bicyclic) bond motifs is 1. The number of nitrogen functional groups attached to an aromatic ring is 1. The van der Waals surface area contributed by atoms with E-state index in [9.17, 15) is 4.79 Å². The summed E-state index contributed by atoms with van der Waals surface area (Å²) in [5.74, 6) is 2.25. The van der Waals surface area contributed by atoms with Gasteiger partial charge < -0.3 is 20.6 Å². The van der Waals surface area contributed by atoms with Crippen molar-refractivity contribution in [3.8, 4) is 11.5 Å². The van der Waals surface area contributed by atoms with Gasteiger partial charge in [0, 0.05) is 6.61 Å². The number of hydrogen-bond acceptors (Lipinski definition) is 6. The number of unbranched alkanes of at least 4 members (excludes halogenated alkanes) is 1. The van der Waals surface area contributed by atoms with Gasteiger partial charge in [0.1, 0.15) is 22.8 Å². The van der Waals surface area contributed by atoms with Crippen LogP contribution in [0, 0.1) is 6.92 Å². The first-order valence-corrected chi connectivity index (χ1v) is 10.2. The number of benzene rings is 2. The molecule has 0 saturated carbocycles. The zero-order valence-electron chi connectivity index (χ0n) is 17.3. The van der Waals surface area contributed by atoms with Gasteiger partial charge in [-0.15, -0.1) is 0 Å². The highest BCUT2D eigenvalue weighted by Crippen LogP contribution is 2.23. The predicted octanol–water partition coefficient (Wildman–Crippen LogP) is 3.17. The third-order valence-electron chi connectivity index (χ3n) is 5.06. The fourth-order valence-electron chi connectivity index (χ4n) is 3.46. The van der Waals surface area contributed by atoms with E-state index in [-0.39, 0.29) is 18.1 Å². The zero-order valence-corrected chi connectivity index (χ0v) is 17.3. The molecule has 4 N–H and O–H groups in total. The molecule has 2 aromatic heterocycles. The minimum Gasteiger partial charge on any atom is -0.457 e. The largest absolute Gasteiger partial charge is 0.457 e. The smallest absolute Gasteiger partial charge is 0.328 e. The molecule has 0 aliphatic rings. The van der Waals surface area contributed by atoms with E-state index in [2.05, 4.69) is 15.0 Å². The van der Waals surface area contributed by atoms with Crippen molar-refractivity contribution in [2.75, 3.05) is 12.3 Å². The van der Waals surface area contributed by atoms with E-state index >= 15 is 0 Å². The normalized spacial score (nSPS) is 11.2. The van der Waals surface area contributed by atoms with E-state index < -0.39 is 0 Å². The number of aliphatic hydroxyl groups excluding tert-OH is 1. The Hall–Kier alpha value is -3.65. The number of hydrogen-bond donors (Lipinski definition) is 3. The molecular formula is C23H25N5O3. The monoisotopic (exact) mass is 419 g/mol. The fraction of sp³-hybridized carbons (Fsp3) is 0.261. The number of nitrogens with two attached hydrogens (primary N) is 1. The Balaban J connectivity index is 1.45. The summed E-state index contributed by atoms with van der Waals surface area (Å²) in [6.45, 7) is 2.33. The van der Waals surface area contributed by atoms with Gasteiger partial charge >= 0.3 is 5.69 Å². The van der Waals surface area contributed by atoms with Crippen LogP contribution in [0.1, 0.15) is 29.8 Å². The lowest BCUT2D eigenvalue weighted by Gasteiger charge is -2.09. The molecule has 2 aromatic carbocycles. The van der Waals surface area contributed by atoms with Crippen molar-refractivity contribution in [1.29, 1.82) is 0 Å². The van der Waals surface area contributed by atoms with Gasteiger partial charge in [0.25, 0.3) is 0 Å². The first kappa shape index (κ1) is 20.6. The number of imidazole rings is 1. The molecular weight excluding hydrogens is 394 g/mol. The standard InChI is InChI=1S/C23H25N5O3/c1-15-25-21(24)20-22(26-15)28(23(30)27-20)14-17-7-11-19(12-8-17)31-18-9-5-16(6-10-18)4-2-3-13-29/h5-12,29H,2-4,13-14H2,1H3,(H,27,30)(H2,24,25,26). The first-order chi connectivity index (χ1) is 15.0. The van der Waals surface area contributed by atoms with E-state index in [1.807, 2.05) is 48.5 Å². The van der Waals surface area contributed by atoms with Gasteiger partial charge in [-0.2, -0.15) is 0 Å². The maximum Gasteiger partial charge on any atom is 0.328 e. The fourth-order valence-corrected chi connectivity index (χ4v) is 3.46. The highest BCUT2D eigenvalue weighted by atomic mass is 16.5. The summed E-state index contributed by atoms with van der Waals surface area (Å²) in [4.78, 5) is 23.6. The SMILES string of the molecule is Cc1nc(N)c2[nH]c(=O)n(Cc3ccc(Oc4ccc(CCCCO)cc4)cc3)c2n1. The van der Waals surface area contributed by atoms with Gasteiger partial charge in [-0.25, -0.2) is 14.8 Å². The van der Waals surface area contributed by atoms with Gasteiger partial charge in [-0.1, -0.05) is 24.3 Å². The molecule has 0 aliphatic carbocycles. The van der Waals surface area contributed by atoms with Crippen molar-refractivity contribution in [1.82, 2.24) is 19.5 Å². The van der Waals surface area contributed by atoms with E-state index in [1.54, 1.807) is 11.5 Å². The minimum absolute atomic E-state index is 0.230. The van der Waals surface area contributed by atoms with Crippen molar-refractivity contribution in [3.05, 3.63) is 76.0 Å². The van der Waals surface area contributed by atoms with Crippen molar-refractivity contribution >= 4 is 17.0 Å². The molecule has 0 fully saturated rings. The lowest BCUT2D eigenvalue weighted by molar-refractivity contribution is 0.284. The molecule has 2 heterocycles. The van der Waals surface area contributed by atoms with Crippen molar-refractivity contribution in [2.45, 2.75) is 32.7 Å². The molecule has 0 atom stereocenters. The molecule has 0 aliphatic heterocycles. The first-order valence-electron chi connectivity index (χ1n) is 10.2. The number of nitrogens with zero attached hydrogens (tertiary/aromatic N) is 3. The summed E-state index contributed by atoms with van der Waals surface area (Å²) < 4.78 is 7.47. The number of aliphatic hydroxyl groups is 1. The summed E-state index contributed by atoms with van der Waals surface area (Å²) in [7, 11) is 0. The Morgan fingerprint density at radius 1 is 1.00 bits per heavy atom.